The van der Waals surface area contributed by atoms with Gasteiger partial charge in [-0.05, 0) is 17.6 Å². The van der Waals surface area contributed by atoms with Crippen LogP contribution in [0.1, 0.15) is 15.6 Å². The third-order valence-corrected chi connectivity index (χ3v) is 1.73. The quantitative estimate of drug-likeness (QED) is 0.750. The van der Waals surface area contributed by atoms with Gasteiger partial charge >= 0.3 is 0 Å². The molecule has 1 rings (SSSR count). The summed E-state index contributed by atoms with van der Waals surface area (Å²) in [5.41, 5.74) is 6.21. The standard InChI is InChI=1S/C5H4ClN3OS/c6-2-1-3-8-5(4(7)10)11-9-3/h1-2H,(H2,7,10)/b2-1+. The highest BCUT2D eigenvalue weighted by Crippen LogP contribution is 2.04. The Hall–Kier alpha value is -0.940. The van der Waals surface area contributed by atoms with Gasteiger partial charge in [0.05, 0.1) is 0 Å². The van der Waals surface area contributed by atoms with Crippen LogP contribution in [0.25, 0.3) is 6.08 Å². The van der Waals surface area contributed by atoms with Gasteiger partial charge in [-0.25, -0.2) is 4.98 Å². The molecule has 0 atom stereocenters. The van der Waals surface area contributed by atoms with Gasteiger partial charge in [0, 0.05) is 5.54 Å². The van der Waals surface area contributed by atoms with E-state index in [0.717, 1.165) is 11.5 Å². The van der Waals surface area contributed by atoms with E-state index in [2.05, 4.69) is 9.36 Å². The highest BCUT2D eigenvalue weighted by molar-refractivity contribution is 7.07. The van der Waals surface area contributed by atoms with Crippen molar-refractivity contribution in [2.75, 3.05) is 0 Å². The second-order valence-corrected chi connectivity index (χ2v) is 2.62. The van der Waals surface area contributed by atoms with Crippen molar-refractivity contribution in [2.45, 2.75) is 0 Å². The van der Waals surface area contributed by atoms with E-state index in [0.29, 0.717) is 5.82 Å². The molecule has 11 heavy (non-hydrogen) atoms. The molecule has 0 saturated carbocycles. The lowest BCUT2D eigenvalue weighted by molar-refractivity contribution is 0.1000. The Balaban J connectivity index is 2.90. The van der Waals surface area contributed by atoms with E-state index in [4.69, 9.17) is 17.3 Å². The third-order valence-electron chi connectivity index (χ3n) is 0.865. The minimum atomic E-state index is -0.572. The van der Waals surface area contributed by atoms with Crippen LogP contribution in [0.5, 0.6) is 0 Å². The molecule has 4 nitrogen and oxygen atoms in total. The second kappa shape index (κ2) is 3.45. The molecule has 1 heterocycles. The first kappa shape index (κ1) is 8.16. The number of aromatic nitrogens is 2. The van der Waals surface area contributed by atoms with E-state index in [1.165, 1.54) is 11.6 Å². The fourth-order valence-electron chi connectivity index (χ4n) is 0.459. The normalized spacial score (nSPS) is 10.6. The van der Waals surface area contributed by atoms with E-state index in [-0.39, 0.29) is 5.01 Å². The van der Waals surface area contributed by atoms with E-state index >= 15 is 0 Å². The van der Waals surface area contributed by atoms with Gasteiger partial charge in [-0.3, -0.25) is 4.79 Å². The summed E-state index contributed by atoms with van der Waals surface area (Å²) in [5.74, 6) is -0.171. The zero-order chi connectivity index (χ0) is 8.27. The van der Waals surface area contributed by atoms with Crippen LogP contribution in [0.2, 0.25) is 0 Å². The van der Waals surface area contributed by atoms with Gasteiger partial charge in [0.15, 0.2) is 5.82 Å². The first-order chi connectivity index (χ1) is 5.24. The van der Waals surface area contributed by atoms with E-state index in [1.54, 1.807) is 0 Å². The summed E-state index contributed by atoms with van der Waals surface area (Å²) in [7, 11) is 0. The molecule has 0 saturated heterocycles. The molecular weight excluding hydrogens is 186 g/mol. The van der Waals surface area contributed by atoms with Crippen molar-refractivity contribution in [2.24, 2.45) is 5.73 Å². The first-order valence-corrected chi connectivity index (χ1v) is 3.85. The van der Waals surface area contributed by atoms with Gasteiger partial charge in [0.1, 0.15) is 0 Å². The van der Waals surface area contributed by atoms with Crippen LogP contribution in [0.4, 0.5) is 0 Å². The molecule has 0 fully saturated rings. The second-order valence-electron chi connectivity index (χ2n) is 1.61. The number of hydrogen-bond acceptors (Lipinski definition) is 4. The molecule has 0 spiro atoms. The largest absolute Gasteiger partial charge is 0.363 e. The number of halogens is 1. The number of primary amides is 1. The average molecular weight is 190 g/mol. The van der Waals surface area contributed by atoms with E-state index in [1.807, 2.05) is 0 Å². The first-order valence-electron chi connectivity index (χ1n) is 2.64. The summed E-state index contributed by atoms with van der Waals surface area (Å²) in [4.78, 5) is 14.3. The monoisotopic (exact) mass is 189 g/mol. The molecule has 0 aliphatic heterocycles. The number of carbonyl (C=O) groups excluding carboxylic acids is 1. The Morgan fingerprint density at radius 2 is 2.45 bits per heavy atom. The van der Waals surface area contributed by atoms with Crippen LogP contribution in [0.3, 0.4) is 0 Å². The van der Waals surface area contributed by atoms with Gasteiger partial charge < -0.3 is 5.73 Å². The molecule has 0 unspecified atom stereocenters. The van der Waals surface area contributed by atoms with Crippen molar-refractivity contribution >= 4 is 35.1 Å². The van der Waals surface area contributed by atoms with Crippen LogP contribution in [0.15, 0.2) is 5.54 Å². The predicted octanol–water partition coefficient (Wildman–Crippen LogP) is 0.847. The smallest absolute Gasteiger partial charge is 0.279 e. The Morgan fingerprint density at radius 3 is 2.91 bits per heavy atom. The fraction of sp³-hybridized carbons (Fsp3) is 0. The number of hydrogen-bond donors (Lipinski definition) is 1. The molecule has 58 valence electrons. The summed E-state index contributed by atoms with van der Waals surface area (Å²) in [6.07, 6.45) is 1.48. The van der Waals surface area contributed by atoms with Crippen molar-refractivity contribution in [3.05, 3.63) is 16.4 Å². The average Bonchev–Trinajstić information content (AvgIpc) is 2.37. The molecule has 0 bridgehead atoms. The molecule has 0 aromatic carbocycles. The maximum Gasteiger partial charge on any atom is 0.279 e. The van der Waals surface area contributed by atoms with Crippen LogP contribution in [-0.4, -0.2) is 15.3 Å². The van der Waals surface area contributed by atoms with Crippen LogP contribution < -0.4 is 5.73 Å². The van der Waals surface area contributed by atoms with Gasteiger partial charge in [-0.2, -0.15) is 4.37 Å². The van der Waals surface area contributed by atoms with Gasteiger partial charge in [-0.15, -0.1) is 0 Å². The molecule has 2 N–H and O–H groups in total. The lowest BCUT2D eigenvalue weighted by Crippen LogP contribution is -2.10. The van der Waals surface area contributed by atoms with Gasteiger partial charge in [0.25, 0.3) is 5.91 Å². The van der Waals surface area contributed by atoms with Crippen LogP contribution in [0, 0.1) is 0 Å². The molecule has 0 radical (unpaired) electrons. The molecule has 1 aromatic rings. The number of nitrogens with zero attached hydrogens (tertiary/aromatic N) is 2. The third kappa shape index (κ3) is 1.99. The molecule has 1 amide bonds. The Kier molecular flexibility index (Phi) is 2.56. The van der Waals surface area contributed by atoms with E-state index in [9.17, 15) is 4.79 Å². The van der Waals surface area contributed by atoms with E-state index < -0.39 is 5.91 Å². The number of amides is 1. The highest BCUT2D eigenvalue weighted by Gasteiger charge is 2.05. The zero-order valence-corrected chi connectivity index (χ0v) is 6.89. The van der Waals surface area contributed by atoms with Crippen molar-refractivity contribution < 1.29 is 4.79 Å². The van der Waals surface area contributed by atoms with Gasteiger partial charge in [0.2, 0.25) is 5.01 Å². The van der Waals surface area contributed by atoms with Crippen LogP contribution in [-0.2, 0) is 0 Å². The minimum absolute atomic E-state index is 0.190. The summed E-state index contributed by atoms with van der Waals surface area (Å²) in [5, 5.41) is 0.190. The van der Waals surface area contributed by atoms with Crippen LogP contribution >= 0.6 is 23.1 Å². The number of carbonyl (C=O) groups is 1. The lowest BCUT2D eigenvalue weighted by Gasteiger charge is -1.79. The minimum Gasteiger partial charge on any atom is -0.363 e. The van der Waals surface area contributed by atoms with Crippen molar-refractivity contribution in [3.8, 4) is 0 Å². The van der Waals surface area contributed by atoms with Gasteiger partial charge in [-0.1, -0.05) is 11.6 Å². The van der Waals surface area contributed by atoms with Crippen molar-refractivity contribution in [3.63, 3.8) is 0 Å². The Morgan fingerprint density at radius 1 is 1.73 bits per heavy atom. The molecule has 0 aliphatic rings. The number of rotatable bonds is 2. The topological polar surface area (TPSA) is 68.9 Å². The molecule has 0 aliphatic carbocycles. The Labute approximate surface area is 71.9 Å². The maximum absolute atomic E-state index is 10.5. The fourth-order valence-corrected chi connectivity index (χ4v) is 1.08. The molecule has 6 heteroatoms. The molecular formula is C5H4ClN3OS. The maximum atomic E-state index is 10.5. The molecule has 1 aromatic heterocycles. The lowest BCUT2D eigenvalue weighted by atomic mass is 10.6. The van der Waals surface area contributed by atoms with Crippen molar-refractivity contribution in [1.29, 1.82) is 0 Å². The highest BCUT2D eigenvalue weighted by atomic mass is 35.5. The van der Waals surface area contributed by atoms with Crippen molar-refractivity contribution in [1.82, 2.24) is 9.36 Å². The predicted molar refractivity (Wildman–Crippen MR) is 43.3 cm³/mol. The Bertz CT molecular complexity index is 296. The summed E-state index contributed by atoms with van der Waals surface area (Å²) in [6, 6.07) is 0. The SMILES string of the molecule is NC(=O)c1nc(/C=C/Cl)ns1. The zero-order valence-electron chi connectivity index (χ0n) is 5.32. The number of nitrogens with two attached hydrogens (primary N) is 1. The summed E-state index contributed by atoms with van der Waals surface area (Å²) in [6.45, 7) is 0. The summed E-state index contributed by atoms with van der Waals surface area (Å²) >= 11 is 6.20. The summed E-state index contributed by atoms with van der Waals surface area (Å²) < 4.78 is 3.79.